The molecular formula is C15H15F5N6O2. The van der Waals surface area contributed by atoms with Gasteiger partial charge in [0.2, 0.25) is 0 Å². The van der Waals surface area contributed by atoms with Gasteiger partial charge in [0, 0.05) is 38.4 Å². The first-order chi connectivity index (χ1) is 13.0. The third-order valence-electron chi connectivity index (χ3n) is 4.14. The van der Waals surface area contributed by atoms with E-state index < -0.39 is 41.8 Å². The monoisotopic (exact) mass is 406 g/mol. The molecule has 0 aliphatic carbocycles. The number of alkyl halides is 5. The van der Waals surface area contributed by atoms with Gasteiger partial charge in [-0.1, -0.05) is 0 Å². The molecule has 0 fully saturated rings. The fraction of sp³-hybridized carbons (Fsp3) is 0.467. The van der Waals surface area contributed by atoms with Crippen molar-refractivity contribution in [1.29, 1.82) is 0 Å². The molecule has 0 aromatic carbocycles. The Kier molecular flexibility index (Phi) is 5.08. The number of anilines is 1. The number of rotatable bonds is 3. The zero-order valence-electron chi connectivity index (χ0n) is 14.4. The summed E-state index contributed by atoms with van der Waals surface area (Å²) in [5, 5.41) is 7.95. The van der Waals surface area contributed by atoms with Gasteiger partial charge in [0.25, 0.3) is 6.43 Å². The lowest BCUT2D eigenvalue weighted by molar-refractivity contribution is -0.141. The van der Waals surface area contributed by atoms with Gasteiger partial charge < -0.3 is 15.2 Å². The predicted octanol–water partition coefficient (Wildman–Crippen LogP) is 1.64. The number of imidazole rings is 1. The zero-order chi connectivity index (χ0) is 20.6. The average molecular weight is 406 g/mol. The van der Waals surface area contributed by atoms with Gasteiger partial charge >= 0.3 is 18.0 Å². The van der Waals surface area contributed by atoms with Crippen LogP contribution >= 0.6 is 0 Å². The van der Waals surface area contributed by atoms with Crippen molar-refractivity contribution < 1.29 is 31.5 Å². The van der Waals surface area contributed by atoms with Crippen LogP contribution in [0.5, 0.6) is 0 Å². The number of carbonyl (C=O) groups excluding carboxylic acids is 2. The maximum Gasteiger partial charge on any atom is 0.434 e. The SMILES string of the molecule is Cn1cc(NC(=O)C(=O)NC2CCc3nc(C(F)(F)F)cn3C2)c(C(F)F)n1. The number of halogens is 5. The maximum absolute atomic E-state index is 12.9. The Bertz CT molecular complexity index is 903. The molecule has 0 radical (unpaired) electrons. The summed E-state index contributed by atoms with van der Waals surface area (Å²) >= 11 is 0. The standard InChI is InChI=1S/C15H15F5N6O2/c1-25-5-8(11(24-25)12(16)17)22-14(28)13(27)21-7-2-3-10-23-9(15(18,19)20)6-26(10)4-7/h5-7,12H,2-4H2,1H3,(H,21,27)(H,22,28). The lowest BCUT2D eigenvalue weighted by atomic mass is 10.1. The smallest absolute Gasteiger partial charge is 0.343 e. The number of hydrogen-bond acceptors (Lipinski definition) is 4. The van der Waals surface area contributed by atoms with Crippen LogP contribution in [0, 0.1) is 0 Å². The Labute approximate surface area is 154 Å². The van der Waals surface area contributed by atoms with E-state index in [0.717, 1.165) is 17.1 Å². The van der Waals surface area contributed by atoms with Crippen molar-refractivity contribution in [1.82, 2.24) is 24.6 Å². The first kappa shape index (κ1) is 19.8. The van der Waals surface area contributed by atoms with Crippen molar-refractivity contribution in [3.8, 4) is 0 Å². The summed E-state index contributed by atoms with van der Waals surface area (Å²) in [5.74, 6) is -2.03. The van der Waals surface area contributed by atoms with Crippen LogP contribution in [0.4, 0.5) is 27.6 Å². The largest absolute Gasteiger partial charge is 0.434 e. The summed E-state index contributed by atoms with van der Waals surface area (Å²) < 4.78 is 66.3. The Morgan fingerprint density at radius 1 is 1.25 bits per heavy atom. The highest BCUT2D eigenvalue weighted by Gasteiger charge is 2.36. The second kappa shape index (κ2) is 7.20. The van der Waals surface area contributed by atoms with Crippen LogP contribution < -0.4 is 10.6 Å². The minimum atomic E-state index is -4.57. The molecule has 8 nitrogen and oxygen atoms in total. The normalized spacial score (nSPS) is 16.8. The van der Waals surface area contributed by atoms with Crippen molar-refractivity contribution in [2.45, 2.75) is 38.0 Å². The quantitative estimate of drug-likeness (QED) is 0.599. The Morgan fingerprint density at radius 2 is 1.96 bits per heavy atom. The summed E-state index contributed by atoms with van der Waals surface area (Å²) in [6.45, 7) is 0.00656. The van der Waals surface area contributed by atoms with Crippen molar-refractivity contribution in [2.75, 3.05) is 5.32 Å². The van der Waals surface area contributed by atoms with Crippen molar-refractivity contribution >= 4 is 17.5 Å². The fourth-order valence-electron chi connectivity index (χ4n) is 2.89. The van der Waals surface area contributed by atoms with Gasteiger partial charge in [0.15, 0.2) is 11.4 Å². The number of fused-ring (bicyclic) bond motifs is 1. The highest BCUT2D eigenvalue weighted by Crippen LogP contribution is 2.30. The van der Waals surface area contributed by atoms with Gasteiger partial charge in [-0.2, -0.15) is 18.3 Å². The van der Waals surface area contributed by atoms with Crippen LogP contribution in [-0.2, 0) is 35.8 Å². The Balaban J connectivity index is 1.62. The van der Waals surface area contributed by atoms with Crippen LogP contribution in [0.15, 0.2) is 12.4 Å². The molecule has 2 amide bonds. The number of amides is 2. The second-order valence-electron chi connectivity index (χ2n) is 6.26. The minimum absolute atomic E-state index is 0.00656. The molecule has 152 valence electrons. The van der Waals surface area contributed by atoms with Gasteiger partial charge in [0.05, 0.1) is 5.69 Å². The van der Waals surface area contributed by atoms with Crippen LogP contribution in [0.2, 0.25) is 0 Å². The van der Waals surface area contributed by atoms with E-state index in [0.29, 0.717) is 0 Å². The molecule has 1 aliphatic rings. The van der Waals surface area contributed by atoms with E-state index in [2.05, 4.69) is 20.7 Å². The molecule has 0 bridgehead atoms. The van der Waals surface area contributed by atoms with Crippen molar-refractivity contribution in [2.24, 2.45) is 7.05 Å². The third kappa shape index (κ3) is 4.12. The Hall–Kier alpha value is -2.99. The molecule has 3 rings (SSSR count). The molecule has 3 heterocycles. The van der Waals surface area contributed by atoms with Crippen LogP contribution in [0.25, 0.3) is 0 Å². The molecule has 1 unspecified atom stereocenters. The van der Waals surface area contributed by atoms with Crippen molar-refractivity contribution in [3.63, 3.8) is 0 Å². The number of hydrogen-bond donors (Lipinski definition) is 2. The maximum atomic E-state index is 12.9. The molecule has 1 atom stereocenters. The third-order valence-corrected chi connectivity index (χ3v) is 4.14. The van der Waals surface area contributed by atoms with Gasteiger partial charge in [-0.25, -0.2) is 13.8 Å². The number of aromatic nitrogens is 4. The molecule has 1 aliphatic heterocycles. The average Bonchev–Trinajstić information content (AvgIpc) is 3.17. The van der Waals surface area contributed by atoms with E-state index in [4.69, 9.17) is 0 Å². The molecule has 28 heavy (non-hydrogen) atoms. The molecule has 0 saturated carbocycles. The molecule has 2 N–H and O–H groups in total. The van der Waals surface area contributed by atoms with E-state index in [1.807, 2.05) is 0 Å². The fourth-order valence-corrected chi connectivity index (χ4v) is 2.89. The first-order valence-electron chi connectivity index (χ1n) is 8.11. The second-order valence-corrected chi connectivity index (χ2v) is 6.26. The number of carbonyl (C=O) groups is 2. The lowest BCUT2D eigenvalue weighted by Gasteiger charge is -2.24. The van der Waals surface area contributed by atoms with Gasteiger partial charge in [-0.05, 0) is 6.42 Å². The molecule has 2 aromatic rings. The van der Waals surface area contributed by atoms with Gasteiger partial charge in [-0.3, -0.25) is 14.3 Å². The number of nitrogens with one attached hydrogen (secondary N) is 2. The van der Waals surface area contributed by atoms with E-state index in [-0.39, 0.29) is 30.9 Å². The highest BCUT2D eigenvalue weighted by atomic mass is 19.4. The molecule has 0 spiro atoms. The summed E-state index contributed by atoms with van der Waals surface area (Å²) in [7, 11) is 1.38. The number of aryl methyl sites for hydroxylation is 2. The van der Waals surface area contributed by atoms with Crippen LogP contribution in [-0.4, -0.2) is 37.2 Å². The van der Waals surface area contributed by atoms with E-state index in [9.17, 15) is 31.5 Å². The molecule has 13 heteroatoms. The highest BCUT2D eigenvalue weighted by molar-refractivity contribution is 6.39. The first-order valence-corrected chi connectivity index (χ1v) is 8.11. The summed E-state index contributed by atoms with van der Waals surface area (Å²) in [5.41, 5.74) is -2.00. The van der Waals surface area contributed by atoms with E-state index in [1.165, 1.54) is 11.6 Å². The lowest BCUT2D eigenvalue weighted by Crippen LogP contribution is -2.45. The van der Waals surface area contributed by atoms with E-state index >= 15 is 0 Å². The Morgan fingerprint density at radius 3 is 2.61 bits per heavy atom. The topological polar surface area (TPSA) is 93.8 Å². The number of nitrogens with zero attached hydrogens (tertiary/aromatic N) is 4. The summed E-state index contributed by atoms with van der Waals surface area (Å²) in [6.07, 6.45) is -5.08. The summed E-state index contributed by atoms with van der Waals surface area (Å²) in [6, 6.07) is -0.607. The van der Waals surface area contributed by atoms with Gasteiger partial charge in [0.1, 0.15) is 5.82 Å². The predicted molar refractivity (Wildman–Crippen MR) is 84.3 cm³/mol. The van der Waals surface area contributed by atoms with E-state index in [1.54, 1.807) is 0 Å². The molecule has 0 saturated heterocycles. The van der Waals surface area contributed by atoms with Crippen LogP contribution in [0.1, 0.15) is 30.1 Å². The van der Waals surface area contributed by atoms with Crippen molar-refractivity contribution in [3.05, 3.63) is 29.6 Å². The van der Waals surface area contributed by atoms with Crippen LogP contribution in [0.3, 0.4) is 0 Å². The molecule has 2 aromatic heterocycles. The van der Waals surface area contributed by atoms with Gasteiger partial charge in [-0.15, -0.1) is 0 Å². The zero-order valence-corrected chi connectivity index (χ0v) is 14.4. The summed E-state index contributed by atoms with van der Waals surface area (Å²) in [4.78, 5) is 27.5. The minimum Gasteiger partial charge on any atom is -0.343 e. The molecular weight excluding hydrogens is 391 g/mol.